The molecule has 0 atom stereocenters. The standard InChI is InChI=1S/C12H21BrN2O2S2/c1-10(2)15(3)9-5-4-8-14-19(16,17)12-7-6-11(13)18-12/h6-7,10,14H,4-5,8-9H2,1-3H3. The molecule has 1 aromatic heterocycles. The van der Waals surface area contributed by atoms with Crippen molar-refractivity contribution in [2.45, 2.75) is 36.9 Å². The lowest BCUT2D eigenvalue weighted by Crippen LogP contribution is -2.28. The second-order valence-electron chi connectivity index (χ2n) is 4.74. The molecule has 0 spiro atoms. The van der Waals surface area contributed by atoms with Crippen molar-refractivity contribution in [1.29, 1.82) is 0 Å². The molecule has 0 aromatic carbocycles. The topological polar surface area (TPSA) is 49.4 Å². The van der Waals surface area contributed by atoms with Gasteiger partial charge in [0.1, 0.15) is 4.21 Å². The summed E-state index contributed by atoms with van der Waals surface area (Å²) in [6.45, 7) is 5.78. The normalized spacial score (nSPS) is 12.5. The summed E-state index contributed by atoms with van der Waals surface area (Å²) in [6, 6.07) is 3.89. The summed E-state index contributed by atoms with van der Waals surface area (Å²) in [4.78, 5) is 2.25. The van der Waals surface area contributed by atoms with Crippen LogP contribution >= 0.6 is 27.3 Å². The van der Waals surface area contributed by atoms with E-state index in [1.807, 2.05) is 0 Å². The average Bonchev–Trinajstić information content (AvgIpc) is 2.75. The van der Waals surface area contributed by atoms with Crippen LogP contribution in [-0.4, -0.2) is 39.5 Å². The molecule has 0 aliphatic heterocycles. The molecule has 1 rings (SSSR count). The van der Waals surface area contributed by atoms with Crippen LogP contribution in [0, 0.1) is 0 Å². The lowest BCUT2D eigenvalue weighted by Gasteiger charge is -2.20. The van der Waals surface area contributed by atoms with Gasteiger partial charge in [0.2, 0.25) is 10.0 Å². The van der Waals surface area contributed by atoms with Crippen LogP contribution in [0.4, 0.5) is 0 Å². The van der Waals surface area contributed by atoms with Gasteiger partial charge < -0.3 is 4.90 Å². The van der Waals surface area contributed by atoms with E-state index in [1.54, 1.807) is 12.1 Å². The van der Waals surface area contributed by atoms with Gasteiger partial charge in [0.05, 0.1) is 3.79 Å². The van der Waals surface area contributed by atoms with E-state index in [0.29, 0.717) is 16.8 Å². The van der Waals surface area contributed by atoms with Crippen molar-refractivity contribution in [2.24, 2.45) is 0 Å². The Morgan fingerprint density at radius 3 is 2.58 bits per heavy atom. The zero-order valence-corrected chi connectivity index (χ0v) is 14.7. The van der Waals surface area contributed by atoms with Crippen LogP contribution in [0.3, 0.4) is 0 Å². The van der Waals surface area contributed by atoms with Gasteiger partial charge >= 0.3 is 0 Å². The third-order valence-electron chi connectivity index (χ3n) is 2.92. The SMILES string of the molecule is CC(C)N(C)CCCCNS(=O)(=O)c1ccc(Br)s1. The summed E-state index contributed by atoms with van der Waals surface area (Å²) in [6.07, 6.45) is 1.84. The molecular weight excluding hydrogens is 348 g/mol. The third-order valence-corrected chi connectivity index (χ3v) is 6.50. The van der Waals surface area contributed by atoms with Gasteiger partial charge in [0.15, 0.2) is 0 Å². The number of nitrogens with zero attached hydrogens (tertiary/aromatic N) is 1. The van der Waals surface area contributed by atoms with Crippen LogP contribution in [0.1, 0.15) is 26.7 Å². The van der Waals surface area contributed by atoms with Crippen LogP contribution < -0.4 is 4.72 Å². The highest BCUT2D eigenvalue weighted by atomic mass is 79.9. The lowest BCUT2D eigenvalue weighted by molar-refractivity contribution is 0.268. The quantitative estimate of drug-likeness (QED) is 0.717. The van der Waals surface area contributed by atoms with Crippen LogP contribution in [0.2, 0.25) is 0 Å². The van der Waals surface area contributed by atoms with E-state index in [1.165, 1.54) is 11.3 Å². The maximum atomic E-state index is 11.9. The van der Waals surface area contributed by atoms with Gasteiger partial charge in [-0.1, -0.05) is 0 Å². The molecule has 0 amide bonds. The largest absolute Gasteiger partial charge is 0.304 e. The second-order valence-corrected chi connectivity index (χ2v) is 9.19. The Balaban J connectivity index is 2.29. The molecule has 0 saturated carbocycles. The molecule has 1 heterocycles. The predicted octanol–water partition coefficient (Wildman–Crippen LogP) is 2.91. The molecule has 0 saturated heterocycles. The van der Waals surface area contributed by atoms with Gasteiger partial charge in [-0.2, -0.15) is 0 Å². The van der Waals surface area contributed by atoms with Gasteiger partial charge in [0.25, 0.3) is 0 Å². The van der Waals surface area contributed by atoms with E-state index in [-0.39, 0.29) is 0 Å². The van der Waals surface area contributed by atoms with Crippen molar-refractivity contribution in [1.82, 2.24) is 9.62 Å². The predicted molar refractivity (Wildman–Crippen MR) is 84.2 cm³/mol. The number of unbranched alkanes of at least 4 members (excludes halogenated alkanes) is 1. The first kappa shape index (κ1) is 17.1. The maximum absolute atomic E-state index is 11.9. The summed E-state index contributed by atoms with van der Waals surface area (Å²) in [5.41, 5.74) is 0. The van der Waals surface area contributed by atoms with Gasteiger partial charge in [0, 0.05) is 12.6 Å². The van der Waals surface area contributed by atoms with Crippen molar-refractivity contribution in [3.05, 3.63) is 15.9 Å². The van der Waals surface area contributed by atoms with E-state index in [2.05, 4.69) is 46.4 Å². The lowest BCUT2D eigenvalue weighted by atomic mass is 10.2. The van der Waals surface area contributed by atoms with E-state index in [4.69, 9.17) is 0 Å². The summed E-state index contributed by atoms with van der Waals surface area (Å²) < 4.78 is 27.7. The average molecular weight is 369 g/mol. The minimum Gasteiger partial charge on any atom is -0.304 e. The molecule has 0 aliphatic carbocycles. The molecule has 1 aromatic rings. The van der Waals surface area contributed by atoms with Crippen molar-refractivity contribution < 1.29 is 8.42 Å². The molecule has 4 nitrogen and oxygen atoms in total. The molecule has 1 N–H and O–H groups in total. The summed E-state index contributed by atoms with van der Waals surface area (Å²) >= 11 is 4.49. The van der Waals surface area contributed by atoms with E-state index < -0.39 is 10.0 Å². The monoisotopic (exact) mass is 368 g/mol. The minimum absolute atomic E-state index is 0.360. The number of rotatable bonds is 8. The van der Waals surface area contributed by atoms with E-state index in [0.717, 1.165) is 23.2 Å². The molecule has 19 heavy (non-hydrogen) atoms. The van der Waals surface area contributed by atoms with Gasteiger partial charge in [-0.25, -0.2) is 13.1 Å². The van der Waals surface area contributed by atoms with Gasteiger partial charge in [-0.3, -0.25) is 0 Å². The van der Waals surface area contributed by atoms with Crippen molar-refractivity contribution in [3.8, 4) is 0 Å². The second kappa shape index (κ2) is 7.73. The zero-order valence-electron chi connectivity index (χ0n) is 11.5. The van der Waals surface area contributed by atoms with Crippen LogP contribution in [0.25, 0.3) is 0 Å². The Morgan fingerprint density at radius 1 is 1.37 bits per heavy atom. The summed E-state index contributed by atoms with van der Waals surface area (Å²) in [5, 5.41) is 0. The van der Waals surface area contributed by atoms with Crippen LogP contribution in [0.15, 0.2) is 20.1 Å². The van der Waals surface area contributed by atoms with E-state index >= 15 is 0 Å². The van der Waals surface area contributed by atoms with Crippen LogP contribution in [-0.2, 0) is 10.0 Å². The highest BCUT2D eigenvalue weighted by Crippen LogP contribution is 2.25. The molecule has 0 radical (unpaired) electrons. The number of nitrogens with one attached hydrogen (secondary N) is 1. The first-order chi connectivity index (χ1) is 8.83. The van der Waals surface area contributed by atoms with Crippen molar-refractivity contribution in [2.75, 3.05) is 20.1 Å². The Morgan fingerprint density at radius 2 is 2.05 bits per heavy atom. The molecule has 7 heteroatoms. The maximum Gasteiger partial charge on any atom is 0.250 e. The number of sulfonamides is 1. The van der Waals surface area contributed by atoms with Gasteiger partial charge in [-0.15, -0.1) is 11.3 Å². The third kappa shape index (κ3) is 5.91. The first-order valence-electron chi connectivity index (χ1n) is 6.28. The Labute approximate surface area is 128 Å². The smallest absolute Gasteiger partial charge is 0.250 e. The fourth-order valence-corrected chi connectivity index (χ4v) is 4.59. The highest BCUT2D eigenvalue weighted by molar-refractivity contribution is 9.11. The first-order valence-corrected chi connectivity index (χ1v) is 9.37. The van der Waals surface area contributed by atoms with Crippen molar-refractivity contribution in [3.63, 3.8) is 0 Å². The molecule has 0 bridgehead atoms. The van der Waals surface area contributed by atoms with Gasteiger partial charge in [-0.05, 0) is 68.3 Å². The van der Waals surface area contributed by atoms with Crippen molar-refractivity contribution >= 4 is 37.3 Å². The number of thiophene rings is 1. The van der Waals surface area contributed by atoms with Crippen LogP contribution in [0.5, 0.6) is 0 Å². The molecular formula is C12H21BrN2O2S2. The summed E-state index contributed by atoms with van der Waals surface area (Å²) in [5.74, 6) is 0. The Hall–Kier alpha value is 0.0500. The number of hydrogen-bond acceptors (Lipinski definition) is 4. The fraction of sp³-hybridized carbons (Fsp3) is 0.667. The number of hydrogen-bond donors (Lipinski definition) is 1. The minimum atomic E-state index is -3.33. The van der Waals surface area contributed by atoms with E-state index in [9.17, 15) is 8.42 Å². The Bertz CT molecular complexity index is 486. The number of halogens is 1. The molecule has 0 unspecified atom stereocenters. The highest BCUT2D eigenvalue weighted by Gasteiger charge is 2.15. The fourth-order valence-electron chi connectivity index (χ4n) is 1.46. The Kier molecular flexibility index (Phi) is 6.96. The molecule has 110 valence electrons. The summed E-state index contributed by atoms with van der Waals surface area (Å²) in [7, 11) is -1.25. The molecule has 0 aliphatic rings. The zero-order chi connectivity index (χ0) is 14.5. The molecule has 0 fully saturated rings.